The maximum Gasteiger partial charge on any atom is 0.263 e. The minimum atomic E-state index is -0.565. The first kappa shape index (κ1) is 16.8. The number of rotatable bonds is 4. The van der Waals surface area contributed by atoms with Gasteiger partial charge in [0.15, 0.2) is 6.10 Å². The summed E-state index contributed by atoms with van der Waals surface area (Å²) in [4.78, 5) is 14.6. The fourth-order valence-corrected chi connectivity index (χ4v) is 3.29. The van der Waals surface area contributed by atoms with Gasteiger partial charge in [-0.05, 0) is 44.9 Å². The van der Waals surface area contributed by atoms with Gasteiger partial charge in [0.1, 0.15) is 5.75 Å². The Bertz CT molecular complexity index is 716. The van der Waals surface area contributed by atoms with Gasteiger partial charge in [-0.1, -0.05) is 23.7 Å². The number of ether oxygens (including phenoxy) is 1. The van der Waals surface area contributed by atoms with Crippen LogP contribution in [-0.2, 0) is 4.79 Å². The standard InChI is InChI=1S/C18H22ClN3O2/c1-12-10-16(21-20-12)14-6-5-9-22(11-14)18(23)13(2)24-17-8-4-3-7-15(17)19/h3-4,7-8,10,13-14H,5-6,9,11H2,1-2H3,(H,20,21)/t13-,14+/m1/s1. The minimum absolute atomic E-state index is 0.00752. The Kier molecular flexibility index (Phi) is 5.09. The number of H-pyrrole nitrogens is 1. The summed E-state index contributed by atoms with van der Waals surface area (Å²) in [7, 11) is 0. The van der Waals surface area contributed by atoms with E-state index in [0.717, 1.165) is 30.8 Å². The molecule has 6 heteroatoms. The highest BCUT2D eigenvalue weighted by Gasteiger charge is 2.29. The van der Waals surface area contributed by atoms with Gasteiger partial charge in [0.05, 0.1) is 10.7 Å². The molecule has 0 radical (unpaired) electrons. The number of aromatic amines is 1. The number of halogens is 1. The van der Waals surface area contributed by atoms with E-state index in [2.05, 4.69) is 16.3 Å². The maximum atomic E-state index is 12.7. The molecule has 2 atom stereocenters. The summed E-state index contributed by atoms with van der Waals surface area (Å²) in [6.07, 6.45) is 1.46. The fraction of sp³-hybridized carbons (Fsp3) is 0.444. The number of amides is 1. The van der Waals surface area contributed by atoms with Crippen LogP contribution >= 0.6 is 11.6 Å². The van der Waals surface area contributed by atoms with Gasteiger partial charge in [-0.2, -0.15) is 5.10 Å². The van der Waals surface area contributed by atoms with Crippen LogP contribution in [0.4, 0.5) is 0 Å². The summed E-state index contributed by atoms with van der Waals surface area (Å²) >= 11 is 6.10. The number of carbonyl (C=O) groups excluding carboxylic acids is 1. The smallest absolute Gasteiger partial charge is 0.263 e. The highest BCUT2D eigenvalue weighted by atomic mass is 35.5. The van der Waals surface area contributed by atoms with Crippen LogP contribution in [0.15, 0.2) is 30.3 Å². The van der Waals surface area contributed by atoms with E-state index in [1.807, 2.05) is 24.0 Å². The lowest BCUT2D eigenvalue weighted by Gasteiger charge is -2.33. The number of piperidine rings is 1. The van der Waals surface area contributed by atoms with Crippen LogP contribution in [0.3, 0.4) is 0 Å². The van der Waals surface area contributed by atoms with E-state index in [1.54, 1.807) is 19.1 Å². The number of likely N-dealkylation sites (tertiary alicyclic amines) is 1. The Morgan fingerprint density at radius 1 is 1.46 bits per heavy atom. The van der Waals surface area contributed by atoms with Crippen LogP contribution in [0.25, 0.3) is 0 Å². The second kappa shape index (κ2) is 7.26. The average Bonchev–Trinajstić information content (AvgIpc) is 3.03. The SMILES string of the molecule is Cc1cc([C@H]2CCCN(C(=O)[C@@H](C)Oc3ccccc3Cl)C2)n[nH]1. The third kappa shape index (κ3) is 3.73. The van der Waals surface area contributed by atoms with Crippen LogP contribution in [0, 0.1) is 6.92 Å². The summed E-state index contributed by atoms with van der Waals surface area (Å²) in [5.41, 5.74) is 2.08. The average molecular weight is 348 g/mol. The molecule has 1 amide bonds. The van der Waals surface area contributed by atoms with Gasteiger partial charge in [0, 0.05) is 24.7 Å². The first-order valence-corrected chi connectivity index (χ1v) is 8.64. The summed E-state index contributed by atoms with van der Waals surface area (Å²) in [6, 6.07) is 9.27. The second-order valence-corrected chi connectivity index (χ2v) is 6.70. The van der Waals surface area contributed by atoms with Crippen molar-refractivity contribution in [2.75, 3.05) is 13.1 Å². The molecule has 128 valence electrons. The van der Waals surface area contributed by atoms with Crippen molar-refractivity contribution in [1.82, 2.24) is 15.1 Å². The van der Waals surface area contributed by atoms with E-state index in [-0.39, 0.29) is 11.8 Å². The number of hydrogen-bond donors (Lipinski definition) is 1. The zero-order chi connectivity index (χ0) is 17.1. The molecule has 2 aromatic rings. The molecular weight excluding hydrogens is 326 g/mol. The lowest BCUT2D eigenvalue weighted by molar-refractivity contribution is -0.139. The molecule has 1 aliphatic heterocycles. The van der Waals surface area contributed by atoms with Gasteiger partial charge >= 0.3 is 0 Å². The number of benzene rings is 1. The maximum absolute atomic E-state index is 12.7. The van der Waals surface area contributed by atoms with Crippen LogP contribution in [0.1, 0.15) is 37.1 Å². The number of nitrogens with one attached hydrogen (secondary N) is 1. The number of aryl methyl sites for hydroxylation is 1. The lowest BCUT2D eigenvalue weighted by atomic mass is 9.94. The molecule has 0 unspecified atom stereocenters. The van der Waals surface area contributed by atoms with Crippen LogP contribution < -0.4 is 4.74 Å². The molecule has 0 bridgehead atoms. The molecule has 1 saturated heterocycles. The Balaban J connectivity index is 1.64. The van der Waals surface area contributed by atoms with E-state index in [1.165, 1.54) is 0 Å². The zero-order valence-corrected chi connectivity index (χ0v) is 14.7. The zero-order valence-electron chi connectivity index (χ0n) is 14.0. The molecule has 24 heavy (non-hydrogen) atoms. The van der Waals surface area contributed by atoms with E-state index in [4.69, 9.17) is 16.3 Å². The molecule has 1 aromatic heterocycles. The monoisotopic (exact) mass is 347 g/mol. The number of hydrogen-bond acceptors (Lipinski definition) is 3. The van der Waals surface area contributed by atoms with Gasteiger partial charge < -0.3 is 9.64 Å². The van der Waals surface area contributed by atoms with Crippen molar-refractivity contribution in [1.29, 1.82) is 0 Å². The predicted molar refractivity (Wildman–Crippen MR) is 93.4 cm³/mol. The molecule has 2 heterocycles. The third-order valence-electron chi connectivity index (χ3n) is 4.37. The number of carbonyl (C=O) groups is 1. The number of aromatic nitrogens is 2. The first-order chi connectivity index (χ1) is 11.5. The molecule has 0 spiro atoms. The highest BCUT2D eigenvalue weighted by molar-refractivity contribution is 6.32. The van der Waals surface area contributed by atoms with E-state index < -0.39 is 6.10 Å². The normalized spacial score (nSPS) is 19.1. The molecule has 1 aliphatic rings. The molecule has 1 aromatic carbocycles. The van der Waals surface area contributed by atoms with Crippen molar-refractivity contribution in [3.05, 3.63) is 46.7 Å². The van der Waals surface area contributed by atoms with Crippen molar-refractivity contribution >= 4 is 17.5 Å². The van der Waals surface area contributed by atoms with E-state index >= 15 is 0 Å². The van der Waals surface area contributed by atoms with Crippen molar-refractivity contribution in [2.24, 2.45) is 0 Å². The predicted octanol–water partition coefficient (Wildman–Crippen LogP) is 3.55. The Hall–Kier alpha value is -2.01. The lowest BCUT2D eigenvalue weighted by Crippen LogP contribution is -2.45. The van der Waals surface area contributed by atoms with Crippen molar-refractivity contribution in [3.8, 4) is 5.75 Å². The van der Waals surface area contributed by atoms with E-state index in [0.29, 0.717) is 17.3 Å². The molecule has 1 fully saturated rings. The van der Waals surface area contributed by atoms with Gasteiger partial charge in [-0.3, -0.25) is 9.89 Å². The Labute approximate surface area is 147 Å². The first-order valence-electron chi connectivity index (χ1n) is 8.26. The summed E-state index contributed by atoms with van der Waals surface area (Å²) in [5, 5.41) is 7.84. The Morgan fingerprint density at radius 2 is 2.25 bits per heavy atom. The number of nitrogens with zero attached hydrogens (tertiary/aromatic N) is 2. The molecule has 1 N–H and O–H groups in total. The quantitative estimate of drug-likeness (QED) is 0.920. The molecule has 5 nitrogen and oxygen atoms in total. The van der Waals surface area contributed by atoms with Crippen LogP contribution in [-0.4, -0.2) is 40.2 Å². The van der Waals surface area contributed by atoms with Gasteiger partial charge in [0.2, 0.25) is 0 Å². The van der Waals surface area contributed by atoms with Gasteiger partial charge in [-0.15, -0.1) is 0 Å². The fourth-order valence-electron chi connectivity index (χ4n) is 3.11. The van der Waals surface area contributed by atoms with E-state index in [9.17, 15) is 4.79 Å². The van der Waals surface area contributed by atoms with Gasteiger partial charge in [-0.25, -0.2) is 0 Å². The van der Waals surface area contributed by atoms with Crippen molar-refractivity contribution < 1.29 is 9.53 Å². The third-order valence-corrected chi connectivity index (χ3v) is 4.68. The summed E-state index contributed by atoms with van der Waals surface area (Å²) in [6.45, 7) is 5.20. The summed E-state index contributed by atoms with van der Waals surface area (Å²) in [5.74, 6) is 0.809. The minimum Gasteiger partial charge on any atom is -0.479 e. The largest absolute Gasteiger partial charge is 0.479 e. The molecule has 0 aliphatic carbocycles. The second-order valence-electron chi connectivity index (χ2n) is 6.29. The highest BCUT2D eigenvalue weighted by Crippen LogP contribution is 2.28. The van der Waals surface area contributed by atoms with Gasteiger partial charge in [0.25, 0.3) is 5.91 Å². The van der Waals surface area contributed by atoms with Crippen LogP contribution in [0.5, 0.6) is 5.75 Å². The Morgan fingerprint density at radius 3 is 2.96 bits per heavy atom. The summed E-state index contributed by atoms with van der Waals surface area (Å²) < 4.78 is 5.76. The van der Waals surface area contributed by atoms with Crippen LogP contribution in [0.2, 0.25) is 5.02 Å². The van der Waals surface area contributed by atoms with Crippen molar-refractivity contribution in [2.45, 2.75) is 38.7 Å². The molecule has 0 saturated carbocycles. The molecular formula is C18H22ClN3O2. The molecule has 3 rings (SSSR count). The number of para-hydroxylation sites is 1. The van der Waals surface area contributed by atoms with Crippen molar-refractivity contribution in [3.63, 3.8) is 0 Å². The topological polar surface area (TPSA) is 58.2 Å².